The molecule has 1 fully saturated rings. The highest BCUT2D eigenvalue weighted by molar-refractivity contribution is 5.94. The third-order valence-corrected chi connectivity index (χ3v) is 3.69. The molecule has 2 rings (SSSR count). The van der Waals surface area contributed by atoms with E-state index in [1.165, 1.54) is 6.07 Å². The second kappa shape index (κ2) is 9.87. The molecule has 1 saturated heterocycles. The van der Waals surface area contributed by atoms with Crippen molar-refractivity contribution in [1.29, 1.82) is 0 Å². The van der Waals surface area contributed by atoms with Crippen molar-refractivity contribution in [2.24, 2.45) is 0 Å². The van der Waals surface area contributed by atoms with Crippen molar-refractivity contribution >= 4 is 36.4 Å². The van der Waals surface area contributed by atoms with Crippen LogP contribution in [-0.4, -0.2) is 51.1 Å². The molecule has 1 amide bonds. The number of halogens is 3. The zero-order valence-electron chi connectivity index (χ0n) is 13.0. The van der Waals surface area contributed by atoms with Crippen LogP contribution >= 0.6 is 24.8 Å². The number of nitrogens with zero attached hydrogens (tertiary/aromatic N) is 2. The summed E-state index contributed by atoms with van der Waals surface area (Å²) in [5, 5.41) is 2.99. The number of hydrogen-bond acceptors (Lipinski definition) is 3. The molecular formula is C15H24Cl2FN3O. The molecule has 126 valence electrons. The number of amides is 1. The van der Waals surface area contributed by atoms with E-state index in [9.17, 15) is 9.18 Å². The normalized spacial score (nSPS) is 13.3. The minimum Gasteiger partial charge on any atom is -0.369 e. The highest BCUT2D eigenvalue weighted by atomic mass is 35.5. The molecule has 0 unspecified atom stereocenters. The number of benzene rings is 1. The van der Waals surface area contributed by atoms with Gasteiger partial charge in [0.05, 0.1) is 5.69 Å². The number of likely N-dealkylation sites (N-methyl/N-ethyl adjacent to an activating group) is 2. The summed E-state index contributed by atoms with van der Waals surface area (Å²) < 4.78 is 14.2. The SMILES string of the molecule is CNCCN(C)C(=O)c1ccc(N2CCCC2)c(F)c1.Cl.Cl. The van der Waals surface area contributed by atoms with Crippen LogP contribution in [0, 0.1) is 5.82 Å². The number of carbonyl (C=O) groups is 1. The van der Waals surface area contributed by atoms with Crippen LogP contribution in [0.15, 0.2) is 18.2 Å². The zero-order chi connectivity index (χ0) is 14.5. The minimum absolute atomic E-state index is 0. The molecule has 0 atom stereocenters. The fourth-order valence-electron chi connectivity index (χ4n) is 2.46. The lowest BCUT2D eigenvalue weighted by Crippen LogP contribution is -2.32. The minimum atomic E-state index is -0.306. The number of carbonyl (C=O) groups excluding carboxylic acids is 1. The summed E-state index contributed by atoms with van der Waals surface area (Å²) >= 11 is 0. The van der Waals surface area contributed by atoms with Crippen molar-refractivity contribution in [3.05, 3.63) is 29.6 Å². The van der Waals surface area contributed by atoms with Gasteiger partial charge in [0, 0.05) is 38.8 Å². The Morgan fingerprint density at radius 1 is 1.32 bits per heavy atom. The maximum Gasteiger partial charge on any atom is 0.253 e. The Labute approximate surface area is 143 Å². The van der Waals surface area contributed by atoms with E-state index in [4.69, 9.17) is 0 Å². The summed E-state index contributed by atoms with van der Waals surface area (Å²) in [5.41, 5.74) is 1.01. The third-order valence-electron chi connectivity index (χ3n) is 3.69. The lowest BCUT2D eigenvalue weighted by Gasteiger charge is -2.20. The highest BCUT2D eigenvalue weighted by Crippen LogP contribution is 2.24. The summed E-state index contributed by atoms with van der Waals surface area (Å²) in [4.78, 5) is 15.8. The van der Waals surface area contributed by atoms with Gasteiger partial charge in [-0.25, -0.2) is 4.39 Å². The van der Waals surface area contributed by atoms with E-state index >= 15 is 0 Å². The van der Waals surface area contributed by atoms with Crippen LogP contribution in [-0.2, 0) is 0 Å². The quantitative estimate of drug-likeness (QED) is 0.885. The van der Waals surface area contributed by atoms with E-state index in [1.807, 2.05) is 11.9 Å². The van der Waals surface area contributed by atoms with E-state index in [2.05, 4.69) is 5.32 Å². The lowest BCUT2D eigenvalue weighted by molar-refractivity contribution is 0.0796. The van der Waals surface area contributed by atoms with Crippen LogP contribution in [0.4, 0.5) is 10.1 Å². The van der Waals surface area contributed by atoms with Crippen LogP contribution in [0.1, 0.15) is 23.2 Å². The standard InChI is InChI=1S/C15H22FN3O.2ClH/c1-17-7-10-18(2)15(20)12-5-6-14(13(16)11-12)19-8-3-4-9-19;;/h5-6,11,17H,3-4,7-10H2,1-2H3;2*1H. The molecule has 0 aromatic heterocycles. The first-order valence-electron chi connectivity index (χ1n) is 7.08. The van der Waals surface area contributed by atoms with Gasteiger partial charge in [0.15, 0.2) is 0 Å². The van der Waals surface area contributed by atoms with Gasteiger partial charge in [-0.3, -0.25) is 4.79 Å². The molecule has 1 N–H and O–H groups in total. The Morgan fingerprint density at radius 3 is 2.50 bits per heavy atom. The van der Waals surface area contributed by atoms with Gasteiger partial charge in [0.25, 0.3) is 5.91 Å². The number of nitrogens with one attached hydrogen (secondary N) is 1. The molecule has 0 aliphatic carbocycles. The van der Waals surface area contributed by atoms with Crippen molar-refractivity contribution in [1.82, 2.24) is 10.2 Å². The van der Waals surface area contributed by atoms with E-state index in [-0.39, 0.29) is 36.5 Å². The van der Waals surface area contributed by atoms with Gasteiger partial charge in [-0.2, -0.15) is 0 Å². The molecule has 1 heterocycles. The predicted octanol–water partition coefficient (Wildman–Crippen LogP) is 2.56. The highest BCUT2D eigenvalue weighted by Gasteiger charge is 2.18. The summed E-state index contributed by atoms with van der Waals surface area (Å²) in [7, 11) is 3.56. The molecule has 1 aromatic rings. The number of hydrogen-bond donors (Lipinski definition) is 1. The molecule has 1 aliphatic heterocycles. The molecule has 0 spiro atoms. The Balaban J connectivity index is 0.00000220. The van der Waals surface area contributed by atoms with Gasteiger partial charge >= 0.3 is 0 Å². The van der Waals surface area contributed by atoms with Gasteiger partial charge < -0.3 is 15.1 Å². The van der Waals surface area contributed by atoms with E-state index in [0.717, 1.165) is 32.5 Å². The first-order valence-corrected chi connectivity index (χ1v) is 7.08. The molecule has 4 nitrogen and oxygen atoms in total. The Hall–Kier alpha value is -1.04. The summed E-state index contributed by atoms with van der Waals surface area (Å²) in [5.74, 6) is -0.452. The molecule has 0 bridgehead atoms. The van der Waals surface area contributed by atoms with Gasteiger partial charge in [-0.15, -0.1) is 24.8 Å². The van der Waals surface area contributed by atoms with Crippen LogP contribution in [0.25, 0.3) is 0 Å². The fourth-order valence-corrected chi connectivity index (χ4v) is 2.46. The smallest absolute Gasteiger partial charge is 0.253 e. The average Bonchev–Trinajstić information content (AvgIpc) is 2.97. The van der Waals surface area contributed by atoms with Gasteiger partial charge in [-0.05, 0) is 38.1 Å². The Kier molecular flexibility index (Phi) is 9.41. The molecule has 1 aromatic carbocycles. The second-order valence-electron chi connectivity index (χ2n) is 5.19. The molecule has 1 aliphatic rings. The topological polar surface area (TPSA) is 35.6 Å². The van der Waals surface area contributed by atoms with Crippen molar-refractivity contribution < 1.29 is 9.18 Å². The largest absolute Gasteiger partial charge is 0.369 e. The van der Waals surface area contributed by atoms with Crippen LogP contribution < -0.4 is 10.2 Å². The van der Waals surface area contributed by atoms with Crippen molar-refractivity contribution in [2.45, 2.75) is 12.8 Å². The lowest BCUT2D eigenvalue weighted by atomic mass is 10.1. The van der Waals surface area contributed by atoms with E-state index < -0.39 is 0 Å². The van der Waals surface area contributed by atoms with Gasteiger partial charge in [0.2, 0.25) is 0 Å². The fraction of sp³-hybridized carbons (Fsp3) is 0.533. The molecule has 0 saturated carbocycles. The van der Waals surface area contributed by atoms with E-state index in [0.29, 0.717) is 17.8 Å². The van der Waals surface area contributed by atoms with Crippen LogP contribution in [0.5, 0.6) is 0 Å². The number of anilines is 1. The van der Waals surface area contributed by atoms with Crippen molar-refractivity contribution in [2.75, 3.05) is 45.2 Å². The third kappa shape index (κ3) is 5.00. The van der Waals surface area contributed by atoms with Crippen molar-refractivity contribution in [3.8, 4) is 0 Å². The maximum atomic E-state index is 14.2. The first-order chi connectivity index (χ1) is 9.63. The summed E-state index contributed by atoms with van der Waals surface area (Å²) in [6.45, 7) is 3.11. The van der Waals surface area contributed by atoms with Gasteiger partial charge in [-0.1, -0.05) is 0 Å². The molecule has 22 heavy (non-hydrogen) atoms. The molecule has 0 radical (unpaired) electrons. The Morgan fingerprint density at radius 2 is 1.95 bits per heavy atom. The second-order valence-corrected chi connectivity index (χ2v) is 5.19. The summed E-state index contributed by atoms with van der Waals surface area (Å²) in [6.07, 6.45) is 2.21. The predicted molar refractivity (Wildman–Crippen MR) is 93.2 cm³/mol. The van der Waals surface area contributed by atoms with Crippen LogP contribution in [0.3, 0.4) is 0 Å². The van der Waals surface area contributed by atoms with Gasteiger partial charge in [0.1, 0.15) is 5.82 Å². The monoisotopic (exact) mass is 351 g/mol. The summed E-state index contributed by atoms with van der Waals surface area (Å²) in [6, 6.07) is 4.79. The zero-order valence-corrected chi connectivity index (χ0v) is 14.6. The van der Waals surface area contributed by atoms with Crippen molar-refractivity contribution in [3.63, 3.8) is 0 Å². The first kappa shape index (κ1) is 21.0. The van der Waals surface area contributed by atoms with E-state index in [1.54, 1.807) is 24.1 Å². The molecular weight excluding hydrogens is 328 g/mol. The maximum absolute atomic E-state index is 14.2. The Bertz CT molecular complexity index is 482. The average molecular weight is 352 g/mol. The molecule has 7 heteroatoms. The number of rotatable bonds is 5. The van der Waals surface area contributed by atoms with Crippen LogP contribution in [0.2, 0.25) is 0 Å².